The number of fused-ring (bicyclic) bond motifs is 1. The van der Waals surface area contributed by atoms with Gasteiger partial charge in [-0.25, -0.2) is 0 Å². The molecule has 17 heteroatoms. The lowest BCUT2D eigenvalue weighted by Crippen LogP contribution is -2.60. The molecule has 0 aromatic rings. The number of halogens is 3. The predicted octanol–water partition coefficient (Wildman–Crippen LogP) is 3.20. The molecule has 56 heavy (non-hydrogen) atoms. The molecule has 0 saturated carbocycles. The van der Waals surface area contributed by atoms with E-state index in [1.54, 1.807) is 62.4 Å². The maximum atomic E-state index is 14.3. The molecule has 4 rings (SSSR count). The number of cyclic esters (lactones) is 1. The fourth-order valence-electron chi connectivity index (χ4n) is 9.49. The zero-order chi connectivity index (χ0) is 42.5. The minimum atomic E-state index is -4.69. The van der Waals surface area contributed by atoms with Gasteiger partial charge in [0.2, 0.25) is 6.23 Å². The van der Waals surface area contributed by atoms with Crippen molar-refractivity contribution >= 4 is 5.97 Å². The molecule has 0 radical (unpaired) electrons. The van der Waals surface area contributed by atoms with Gasteiger partial charge < -0.3 is 58.5 Å². The van der Waals surface area contributed by atoms with Crippen LogP contribution in [-0.4, -0.2) is 167 Å². The lowest BCUT2D eigenvalue weighted by atomic mass is 9.77. The summed E-state index contributed by atoms with van der Waals surface area (Å²) in [6, 6.07) is -1.33. The van der Waals surface area contributed by atoms with Gasteiger partial charge in [-0.05, 0) is 87.7 Å². The van der Waals surface area contributed by atoms with Gasteiger partial charge in [-0.2, -0.15) is 13.2 Å². The van der Waals surface area contributed by atoms with Crippen LogP contribution in [0.5, 0.6) is 0 Å². The summed E-state index contributed by atoms with van der Waals surface area (Å²) in [5, 5.41) is 46.7. The van der Waals surface area contributed by atoms with E-state index < -0.39 is 121 Å². The van der Waals surface area contributed by atoms with Gasteiger partial charge in [0.15, 0.2) is 12.6 Å². The second kappa shape index (κ2) is 17.8. The number of hydrogen-bond donors (Lipinski definition) is 4. The number of nitrogens with zero attached hydrogens (tertiary/aromatic N) is 2. The van der Waals surface area contributed by atoms with Crippen molar-refractivity contribution in [3.05, 3.63) is 0 Å². The van der Waals surface area contributed by atoms with Crippen LogP contribution in [0.3, 0.4) is 0 Å². The van der Waals surface area contributed by atoms with Gasteiger partial charge in [0.25, 0.3) is 0 Å². The van der Waals surface area contributed by atoms with Crippen molar-refractivity contribution in [2.75, 3.05) is 27.7 Å². The van der Waals surface area contributed by atoms with Crippen molar-refractivity contribution in [1.82, 2.24) is 9.80 Å². The first-order chi connectivity index (χ1) is 25.7. The molecule has 14 nitrogen and oxygen atoms in total. The summed E-state index contributed by atoms with van der Waals surface area (Å²) >= 11 is 0. The van der Waals surface area contributed by atoms with Crippen molar-refractivity contribution in [3.63, 3.8) is 0 Å². The molecule has 0 amide bonds. The van der Waals surface area contributed by atoms with E-state index in [9.17, 15) is 38.4 Å². The summed E-state index contributed by atoms with van der Waals surface area (Å²) in [5.41, 5.74) is -4.69. The molecule has 19 atom stereocenters. The van der Waals surface area contributed by atoms with E-state index in [0.717, 1.165) is 4.90 Å². The molecule has 4 heterocycles. The van der Waals surface area contributed by atoms with E-state index in [-0.39, 0.29) is 31.6 Å². The number of rotatable bonds is 6. The largest absolute Gasteiger partial charge is 0.459 e. The first-order valence-corrected chi connectivity index (χ1v) is 20.0. The van der Waals surface area contributed by atoms with Gasteiger partial charge in [-0.3, -0.25) is 9.69 Å². The molecule has 0 spiro atoms. The summed E-state index contributed by atoms with van der Waals surface area (Å²) < 4.78 is 85.5. The average molecular weight is 815 g/mol. The highest BCUT2D eigenvalue weighted by atomic mass is 19.4. The molecule has 4 fully saturated rings. The summed E-state index contributed by atoms with van der Waals surface area (Å²) in [5.74, 6) is -3.08. The molecule has 0 bridgehead atoms. The Kier molecular flexibility index (Phi) is 15.1. The third-order valence-corrected chi connectivity index (χ3v) is 13.0. The summed E-state index contributed by atoms with van der Waals surface area (Å²) in [4.78, 5) is 17.2. The summed E-state index contributed by atoms with van der Waals surface area (Å²) in [7, 11) is 4.59. The molecule has 4 aliphatic heterocycles. The van der Waals surface area contributed by atoms with Crippen LogP contribution in [0, 0.1) is 17.8 Å². The third kappa shape index (κ3) is 9.86. The quantitative estimate of drug-likeness (QED) is 0.289. The molecule has 328 valence electrons. The molecule has 4 N–H and O–H groups in total. The van der Waals surface area contributed by atoms with Crippen molar-refractivity contribution in [2.45, 2.75) is 198 Å². The van der Waals surface area contributed by atoms with Gasteiger partial charge in [0, 0.05) is 38.1 Å². The first kappa shape index (κ1) is 47.5. The normalized spacial score (nSPS) is 49.8. The van der Waals surface area contributed by atoms with Crippen LogP contribution >= 0.6 is 0 Å². The number of aliphatic hydroxyl groups excluding tert-OH is 2. The van der Waals surface area contributed by atoms with Gasteiger partial charge in [-0.15, -0.1) is 0 Å². The van der Waals surface area contributed by atoms with E-state index in [1.807, 2.05) is 11.8 Å². The van der Waals surface area contributed by atoms with Gasteiger partial charge in [0.05, 0.1) is 41.5 Å². The predicted molar refractivity (Wildman–Crippen MR) is 197 cm³/mol. The molecular formula is C39H69F3N2O12. The lowest BCUT2D eigenvalue weighted by Gasteiger charge is -2.48. The Balaban J connectivity index is 1.83. The Hall–Kier alpha value is -1.22. The average Bonchev–Trinajstić information content (AvgIpc) is 3.44. The number of esters is 1. The molecule has 4 saturated heterocycles. The van der Waals surface area contributed by atoms with E-state index in [4.69, 9.17) is 33.2 Å². The van der Waals surface area contributed by atoms with E-state index in [0.29, 0.717) is 6.54 Å². The number of alkyl halides is 3. The standard InChI is InChI=1S/C39H69F3N2O12/c1-14-26-38(10,49)30(45)23(6)43(11)18-19(2)16-36(8,48)32(56-34-29-25(15-20(3)51-34)44(12)35(55-29)39(40,41)42)21(4)28(22(5)33(47)53-26)54-27-17-37(9,50-13)31(46)24(7)52-27/h19-32,34-35,45-46,48-49H,14-18H2,1-13H3/t19-,20-,21+,22-,23-,24+,25+,26-,27+,28+,29-,30-,31+,32-,34+,35?,36-,37-,38-/m1/s1. The lowest BCUT2D eigenvalue weighted by molar-refractivity contribution is -0.319. The van der Waals surface area contributed by atoms with Gasteiger partial charge in [-0.1, -0.05) is 20.8 Å². The van der Waals surface area contributed by atoms with E-state index >= 15 is 0 Å². The van der Waals surface area contributed by atoms with Crippen LogP contribution < -0.4 is 0 Å². The molecule has 4 aliphatic rings. The summed E-state index contributed by atoms with van der Waals surface area (Å²) in [6.07, 6.45) is -17.1. The van der Waals surface area contributed by atoms with Crippen molar-refractivity contribution in [2.24, 2.45) is 17.8 Å². The highest BCUT2D eigenvalue weighted by Crippen LogP contribution is 2.43. The molecule has 0 aromatic heterocycles. The Morgan fingerprint density at radius 3 is 2.12 bits per heavy atom. The van der Waals surface area contributed by atoms with Crippen molar-refractivity contribution < 1.29 is 71.5 Å². The monoisotopic (exact) mass is 814 g/mol. The van der Waals surface area contributed by atoms with Crippen LogP contribution in [0.4, 0.5) is 13.2 Å². The van der Waals surface area contributed by atoms with Crippen LogP contribution in [-0.2, 0) is 38.0 Å². The Morgan fingerprint density at radius 1 is 0.929 bits per heavy atom. The molecule has 0 aromatic carbocycles. The third-order valence-electron chi connectivity index (χ3n) is 13.0. The van der Waals surface area contributed by atoms with Crippen LogP contribution in [0.2, 0.25) is 0 Å². The smallest absolute Gasteiger partial charge is 0.428 e. The van der Waals surface area contributed by atoms with Crippen LogP contribution in [0.15, 0.2) is 0 Å². The topological polar surface area (TPSA) is 169 Å². The number of methoxy groups -OCH3 is 1. The van der Waals surface area contributed by atoms with Crippen molar-refractivity contribution in [1.29, 1.82) is 0 Å². The maximum Gasteiger partial charge on any atom is 0.428 e. The van der Waals surface area contributed by atoms with Crippen molar-refractivity contribution in [3.8, 4) is 0 Å². The highest BCUT2D eigenvalue weighted by Gasteiger charge is 2.59. The number of aliphatic hydroxyl groups is 4. The highest BCUT2D eigenvalue weighted by molar-refractivity contribution is 5.73. The Labute approximate surface area is 330 Å². The second-order valence-corrected chi connectivity index (χ2v) is 17.9. The number of carbonyl (C=O) groups excluding carboxylic acids is 1. The number of carbonyl (C=O) groups is 1. The Morgan fingerprint density at radius 2 is 1.55 bits per heavy atom. The minimum absolute atomic E-state index is 0.0493. The number of ether oxygens (including phenoxy) is 7. The maximum absolute atomic E-state index is 14.3. The zero-order valence-corrected chi connectivity index (χ0v) is 35.4. The Bertz CT molecular complexity index is 1310. The molecular weight excluding hydrogens is 745 g/mol. The number of hydrogen-bond acceptors (Lipinski definition) is 14. The fourth-order valence-corrected chi connectivity index (χ4v) is 9.49. The van der Waals surface area contributed by atoms with Gasteiger partial charge in [0.1, 0.15) is 30.0 Å². The minimum Gasteiger partial charge on any atom is -0.459 e. The van der Waals surface area contributed by atoms with E-state index in [1.165, 1.54) is 21.1 Å². The molecule has 1 unspecified atom stereocenters. The SMILES string of the molecule is CC[C@H]1OC(=O)[C@H](C)[C@@H](O[C@H]2C[C@@](C)(OC)[C@@H](O)[C@H](C)O2)[C@H](C)[C@@H](O[C@@H]2O[C@H](C)C[C@H]3[C@H]2OC(C(F)(F)F)N3C)[C@](C)(O)C[C@@H](C)CN(C)[C@H](C)[C@@H](O)[C@]1(C)O. The summed E-state index contributed by atoms with van der Waals surface area (Å²) in [6.45, 7) is 17.1. The fraction of sp³-hybridized carbons (Fsp3) is 0.974. The first-order valence-electron chi connectivity index (χ1n) is 20.0. The zero-order valence-electron chi connectivity index (χ0n) is 35.4. The van der Waals surface area contributed by atoms with Crippen LogP contribution in [0.25, 0.3) is 0 Å². The number of likely N-dealkylation sites (N-methyl/N-ethyl adjacent to an activating group) is 2. The second-order valence-electron chi connectivity index (χ2n) is 17.9. The molecule has 0 aliphatic carbocycles. The van der Waals surface area contributed by atoms with Crippen LogP contribution in [0.1, 0.15) is 94.9 Å². The van der Waals surface area contributed by atoms with Gasteiger partial charge >= 0.3 is 12.1 Å². The van der Waals surface area contributed by atoms with E-state index in [2.05, 4.69) is 0 Å².